The van der Waals surface area contributed by atoms with Crippen molar-refractivity contribution in [3.05, 3.63) is 53.5 Å². The van der Waals surface area contributed by atoms with Crippen LogP contribution in [0.5, 0.6) is 11.5 Å². The molecule has 36 heavy (non-hydrogen) atoms. The van der Waals surface area contributed by atoms with Crippen LogP contribution in [0.2, 0.25) is 0 Å². The molecule has 2 heterocycles. The lowest BCUT2D eigenvalue weighted by Crippen LogP contribution is -2.28. The predicted molar refractivity (Wildman–Crippen MR) is 130 cm³/mol. The minimum absolute atomic E-state index is 0.00414. The van der Waals surface area contributed by atoms with Gasteiger partial charge in [0.05, 0.1) is 23.2 Å². The molecule has 0 radical (unpaired) electrons. The van der Waals surface area contributed by atoms with Gasteiger partial charge < -0.3 is 29.6 Å². The lowest BCUT2D eigenvalue weighted by molar-refractivity contribution is -0.173. The van der Waals surface area contributed by atoms with Crippen molar-refractivity contribution < 1.29 is 33.3 Å². The molecule has 1 unspecified atom stereocenters. The second kappa shape index (κ2) is 8.45. The summed E-state index contributed by atoms with van der Waals surface area (Å²) < 4.78 is 41.4. The summed E-state index contributed by atoms with van der Waals surface area (Å²) in [4.78, 5) is 13.3. The maximum Gasteiger partial charge on any atom is 0.404 e. The van der Waals surface area contributed by atoms with Gasteiger partial charge in [-0.1, -0.05) is 19.9 Å². The van der Waals surface area contributed by atoms with Crippen molar-refractivity contribution in [2.45, 2.75) is 63.4 Å². The number of nitrogens with zero attached hydrogens (tertiary/aromatic N) is 1. The molecule has 7 nitrogen and oxygen atoms in total. The van der Waals surface area contributed by atoms with E-state index in [2.05, 4.69) is 5.32 Å². The number of hydrogen-bond donors (Lipinski definition) is 3. The van der Waals surface area contributed by atoms with Crippen LogP contribution >= 0.6 is 0 Å². The quantitative estimate of drug-likeness (QED) is 0.423. The van der Waals surface area contributed by atoms with Crippen molar-refractivity contribution in [3.8, 4) is 11.5 Å². The third-order valence-corrected chi connectivity index (χ3v) is 7.26. The molecule has 1 aliphatic heterocycles. The number of aromatic nitrogens is 1. The third-order valence-electron chi connectivity index (χ3n) is 7.26. The largest absolute Gasteiger partial charge is 0.423 e. The monoisotopic (exact) mass is 500 g/mol. The number of nitrogens with one attached hydrogen (secondary N) is 1. The van der Waals surface area contributed by atoms with E-state index in [1.807, 2.05) is 24.5 Å². The molecule has 5 rings (SSSR count). The topological polar surface area (TPSA) is 93.0 Å². The molecule has 1 atom stereocenters. The first-order chi connectivity index (χ1) is 17.0. The zero-order valence-corrected chi connectivity index (χ0v) is 20.5. The number of anilines is 1. The lowest BCUT2D eigenvalue weighted by atomic mass is 9.85. The van der Waals surface area contributed by atoms with Crippen LogP contribution in [0.15, 0.2) is 36.4 Å². The van der Waals surface area contributed by atoms with Crippen LogP contribution < -0.4 is 14.8 Å². The SMILES string of the molecule is CC1(F)Oc2ccc(C3(C(=O)Nc4cc5cc(C(C)(C)CCO)n(CCO)c5cc4F)CC3)cc2O1. The summed E-state index contributed by atoms with van der Waals surface area (Å²) >= 11 is 0. The van der Waals surface area contributed by atoms with Gasteiger partial charge in [-0.3, -0.25) is 4.79 Å². The average Bonchev–Trinajstić information content (AvgIpc) is 3.45. The molecular weight excluding hydrogens is 470 g/mol. The van der Waals surface area contributed by atoms with E-state index in [-0.39, 0.29) is 42.9 Å². The number of rotatable bonds is 8. The van der Waals surface area contributed by atoms with Crippen molar-refractivity contribution in [3.63, 3.8) is 0 Å². The fourth-order valence-electron chi connectivity index (χ4n) is 5.09. The second-order valence-corrected chi connectivity index (χ2v) is 10.4. The van der Waals surface area contributed by atoms with Crippen LogP contribution in [0.4, 0.5) is 14.5 Å². The van der Waals surface area contributed by atoms with E-state index in [0.717, 1.165) is 18.0 Å². The van der Waals surface area contributed by atoms with Gasteiger partial charge in [-0.15, -0.1) is 0 Å². The van der Waals surface area contributed by atoms with Crippen LogP contribution in [0.1, 0.15) is 51.3 Å². The molecule has 3 aromatic rings. The minimum atomic E-state index is -2.25. The van der Waals surface area contributed by atoms with Gasteiger partial charge in [0.25, 0.3) is 0 Å². The van der Waals surface area contributed by atoms with Gasteiger partial charge in [-0.05, 0) is 49.1 Å². The van der Waals surface area contributed by atoms with Crippen molar-refractivity contribution in [1.82, 2.24) is 4.57 Å². The fraction of sp³-hybridized carbons (Fsp3) is 0.444. The Balaban J connectivity index is 1.45. The molecule has 0 bridgehead atoms. The van der Waals surface area contributed by atoms with Gasteiger partial charge in [-0.25, -0.2) is 4.39 Å². The first kappa shape index (κ1) is 24.5. The normalized spacial score (nSPS) is 20.1. The van der Waals surface area contributed by atoms with Crippen molar-refractivity contribution in [1.29, 1.82) is 0 Å². The van der Waals surface area contributed by atoms with Gasteiger partial charge in [0.1, 0.15) is 5.82 Å². The number of aliphatic hydroxyl groups excluding tert-OH is 2. The van der Waals surface area contributed by atoms with Gasteiger partial charge in [0, 0.05) is 42.6 Å². The molecule has 1 aliphatic carbocycles. The molecule has 192 valence electrons. The van der Waals surface area contributed by atoms with E-state index in [1.54, 1.807) is 24.3 Å². The number of hydrogen-bond acceptors (Lipinski definition) is 5. The Morgan fingerprint density at radius 2 is 1.83 bits per heavy atom. The highest BCUT2D eigenvalue weighted by Gasteiger charge is 2.52. The third kappa shape index (κ3) is 4.10. The highest BCUT2D eigenvalue weighted by Crippen LogP contribution is 2.52. The van der Waals surface area contributed by atoms with E-state index < -0.39 is 22.7 Å². The summed E-state index contributed by atoms with van der Waals surface area (Å²) in [6.07, 6.45) is 1.64. The van der Waals surface area contributed by atoms with Gasteiger partial charge in [0.2, 0.25) is 5.91 Å². The smallest absolute Gasteiger partial charge is 0.404 e. The zero-order chi connectivity index (χ0) is 25.9. The highest BCUT2D eigenvalue weighted by atomic mass is 19.2. The average molecular weight is 501 g/mol. The Hall–Kier alpha value is -3.17. The molecule has 0 saturated heterocycles. The summed E-state index contributed by atoms with van der Waals surface area (Å²) in [5.74, 6) is -0.441. The number of amides is 1. The number of alkyl halides is 1. The van der Waals surface area contributed by atoms with Crippen molar-refractivity contribution in [2.24, 2.45) is 0 Å². The Morgan fingerprint density at radius 1 is 1.11 bits per heavy atom. The summed E-state index contributed by atoms with van der Waals surface area (Å²) in [5.41, 5.74) is 0.920. The zero-order valence-electron chi connectivity index (χ0n) is 20.5. The number of fused-ring (bicyclic) bond motifs is 2. The summed E-state index contributed by atoms with van der Waals surface area (Å²) in [6, 6.07) is 7.51. The lowest BCUT2D eigenvalue weighted by Gasteiger charge is -2.26. The van der Waals surface area contributed by atoms with Crippen molar-refractivity contribution in [2.75, 3.05) is 18.5 Å². The van der Waals surface area contributed by atoms with Gasteiger partial charge in [-0.2, -0.15) is 4.39 Å². The Labute approximate surface area is 207 Å². The van der Waals surface area contributed by atoms with E-state index in [0.29, 0.717) is 30.3 Å². The van der Waals surface area contributed by atoms with Crippen LogP contribution in [-0.2, 0) is 22.2 Å². The maximum absolute atomic E-state index is 15.2. The van der Waals surface area contributed by atoms with E-state index in [1.165, 1.54) is 6.07 Å². The Kier molecular flexibility index (Phi) is 5.76. The maximum atomic E-state index is 15.2. The minimum Gasteiger partial charge on any atom is -0.423 e. The number of carbonyl (C=O) groups is 1. The van der Waals surface area contributed by atoms with Gasteiger partial charge in [0.15, 0.2) is 11.5 Å². The molecule has 3 N–H and O–H groups in total. The molecule has 1 amide bonds. The number of halogens is 2. The number of carbonyl (C=O) groups excluding carboxylic acids is 1. The van der Waals surface area contributed by atoms with Gasteiger partial charge >= 0.3 is 6.04 Å². The van der Waals surface area contributed by atoms with Crippen molar-refractivity contribution >= 4 is 22.5 Å². The van der Waals surface area contributed by atoms with Crippen LogP contribution in [0.3, 0.4) is 0 Å². The molecular formula is C27H30F2N2O5. The number of ether oxygens (including phenoxy) is 2. The van der Waals surface area contributed by atoms with Crippen LogP contribution in [0.25, 0.3) is 10.9 Å². The Bertz CT molecular complexity index is 1340. The molecule has 2 aromatic carbocycles. The van der Waals surface area contributed by atoms with E-state index in [4.69, 9.17) is 9.47 Å². The van der Waals surface area contributed by atoms with E-state index in [9.17, 15) is 19.4 Å². The van der Waals surface area contributed by atoms with Crippen LogP contribution in [0, 0.1) is 5.82 Å². The molecule has 0 spiro atoms. The van der Waals surface area contributed by atoms with E-state index >= 15 is 4.39 Å². The second-order valence-electron chi connectivity index (χ2n) is 10.4. The van der Waals surface area contributed by atoms with Crippen LogP contribution in [-0.4, -0.2) is 39.9 Å². The standard InChI is InChI=1S/C27H30F2N2O5/c1-25(2,8-10-32)23-13-16-12-19(18(28)15-20(16)31(23)9-11-33)30-24(34)27(6-7-27)17-4-5-21-22(14-17)36-26(3,29)35-21/h4-5,12-15,32-33H,6-11H2,1-3H3,(H,30,34). The fourth-order valence-corrected chi connectivity index (χ4v) is 5.09. The highest BCUT2D eigenvalue weighted by molar-refractivity contribution is 6.02. The molecule has 2 aliphatic rings. The first-order valence-electron chi connectivity index (χ1n) is 12.1. The first-order valence-corrected chi connectivity index (χ1v) is 12.1. The number of benzene rings is 2. The summed E-state index contributed by atoms with van der Waals surface area (Å²) in [7, 11) is 0. The Morgan fingerprint density at radius 3 is 2.50 bits per heavy atom. The molecule has 1 aromatic heterocycles. The molecule has 9 heteroatoms. The molecule has 1 saturated carbocycles. The summed E-state index contributed by atoms with van der Waals surface area (Å²) in [6.45, 7) is 5.29. The number of aliphatic hydroxyl groups is 2. The predicted octanol–water partition coefficient (Wildman–Crippen LogP) is 4.52. The summed E-state index contributed by atoms with van der Waals surface area (Å²) in [5, 5.41) is 22.6. The molecule has 1 fully saturated rings.